The van der Waals surface area contributed by atoms with Gasteiger partial charge in [0.15, 0.2) is 5.16 Å². The van der Waals surface area contributed by atoms with Gasteiger partial charge in [0.2, 0.25) is 5.91 Å². The van der Waals surface area contributed by atoms with Crippen molar-refractivity contribution in [1.29, 1.82) is 0 Å². The smallest absolute Gasteiger partial charge is 0.257 e. The molecular weight excluding hydrogens is 509 g/mol. The summed E-state index contributed by atoms with van der Waals surface area (Å²) < 4.78 is 15.6. The standard InChI is InChI=1S/C32H34FN3O2S/c1-23-27(22-26-17-9-10-18-28(26)33)31(38)36(2)32(34-23)39-20-12-11-19-30(37)35-29(25-15-7-4-8-16-25)21-24-13-5-3-6-14-24/h3-10,13-18,29H,11-12,19-22H2,1-2H3,(H,35,37). The summed E-state index contributed by atoms with van der Waals surface area (Å²) in [6, 6.07) is 26.6. The predicted octanol–water partition coefficient (Wildman–Crippen LogP) is 6.18. The van der Waals surface area contributed by atoms with Gasteiger partial charge in [-0.1, -0.05) is 90.6 Å². The van der Waals surface area contributed by atoms with Gasteiger partial charge >= 0.3 is 0 Å². The highest BCUT2D eigenvalue weighted by Crippen LogP contribution is 2.21. The molecular formula is C32H34FN3O2S. The van der Waals surface area contributed by atoms with Crippen LogP contribution in [-0.4, -0.2) is 21.2 Å². The molecule has 0 fully saturated rings. The highest BCUT2D eigenvalue weighted by atomic mass is 32.2. The quantitative estimate of drug-likeness (QED) is 0.132. The van der Waals surface area contributed by atoms with Crippen LogP contribution in [-0.2, 0) is 24.7 Å². The molecule has 1 N–H and O–H groups in total. The van der Waals surface area contributed by atoms with E-state index in [1.54, 1.807) is 32.2 Å². The van der Waals surface area contributed by atoms with Crippen molar-refractivity contribution in [3.05, 3.63) is 129 Å². The van der Waals surface area contributed by atoms with Crippen LogP contribution >= 0.6 is 11.8 Å². The number of hydrogen-bond donors (Lipinski definition) is 1. The zero-order valence-corrected chi connectivity index (χ0v) is 23.2. The molecule has 39 heavy (non-hydrogen) atoms. The van der Waals surface area contributed by atoms with Gasteiger partial charge in [-0.3, -0.25) is 14.2 Å². The Morgan fingerprint density at radius 1 is 0.974 bits per heavy atom. The number of nitrogens with one attached hydrogen (secondary N) is 1. The van der Waals surface area contributed by atoms with Crippen LogP contribution in [0, 0.1) is 12.7 Å². The molecule has 7 heteroatoms. The number of carbonyl (C=O) groups is 1. The fourth-order valence-corrected chi connectivity index (χ4v) is 5.51. The van der Waals surface area contributed by atoms with Crippen LogP contribution in [0.5, 0.6) is 0 Å². The Labute approximate surface area is 233 Å². The fraction of sp³-hybridized carbons (Fsp3) is 0.281. The summed E-state index contributed by atoms with van der Waals surface area (Å²) in [5, 5.41) is 3.85. The van der Waals surface area contributed by atoms with Gasteiger partial charge in [-0.25, -0.2) is 9.37 Å². The Hall–Kier alpha value is -3.71. The van der Waals surface area contributed by atoms with Gasteiger partial charge in [0, 0.05) is 36.9 Å². The highest BCUT2D eigenvalue weighted by molar-refractivity contribution is 7.99. The zero-order valence-electron chi connectivity index (χ0n) is 22.4. The topological polar surface area (TPSA) is 64.0 Å². The average Bonchev–Trinajstić information content (AvgIpc) is 2.95. The summed E-state index contributed by atoms with van der Waals surface area (Å²) in [4.78, 5) is 30.4. The lowest BCUT2D eigenvalue weighted by Gasteiger charge is -2.19. The molecule has 0 spiro atoms. The van der Waals surface area contributed by atoms with Crippen LogP contribution < -0.4 is 10.9 Å². The fourth-order valence-electron chi connectivity index (χ4n) is 4.50. The molecule has 3 aromatic carbocycles. The monoisotopic (exact) mass is 543 g/mol. The third-order valence-electron chi connectivity index (χ3n) is 6.72. The molecule has 0 saturated heterocycles. The molecule has 4 aromatic rings. The summed E-state index contributed by atoms with van der Waals surface area (Å²) in [6.07, 6.45) is 2.94. The molecule has 5 nitrogen and oxygen atoms in total. The minimum Gasteiger partial charge on any atom is -0.349 e. The number of hydrogen-bond acceptors (Lipinski definition) is 4. The van der Waals surface area contributed by atoms with Crippen molar-refractivity contribution in [2.45, 2.75) is 50.2 Å². The minimum atomic E-state index is -0.323. The van der Waals surface area contributed by atoms with Crippen molar-refractivity contribution in [3.63, 3.8) is 0 Å². The number of rotatable bonds is 12. The van der Waals surface area contributed by atoms with Gasteiger partial charge in [0.05, 0.1) is 6.04 Å². The predicted molar refractivity (Wildman–Crippen MR) is 155 cm³/mol. The van der Waals surface area contributed by atoms with Gasteiger partial charge in [-0.2, -0.15) is 0 Å². The molecule has 0 saturated carbocycles. The van der Waals surface area contributed by atoms with E-state index in [2.05, 4.69) is 22.4 Å². The lowest BCUT2D eigenvalue weighted by atomic mass is 9.98. The van der Waals surface area contributed by atoms with Crippen LogP contribution in [0.25, 0.3) is 0 Å². The maximum absolute atomic E-state index is 14.1. The first-order valence-corrected chi connectivity index (χ1v) is 14.2. The van der Waals surface area contributed by atoms with E-state index in [-0.39, 0.29) is 29.7 Å². The Morgan fingerprint density at radius 2 is 1.64 bits per heavy atom. The Kier molecular flexibility index (Phi) is 10.1. The summed E-state index contributed by atoms with van der Waals surface area (Å²) in [7, 11) is 1.70. The van der Waals surface area contributed by atoms with Crippen LogP contribution in [0.1, 0.15) is 53.3 Å². The summed E-state index contributed by atoms with van der Waals surface area (Å²) >= 11 is 1.50. The number of carbonyl (C=O) groups excluding carboxylic acids is 1. The van der Waals surface area contributed by atoms with Crippen molar-refractivity contribution >= 4 is 17.7 Å². The molecule has 4 rings (SSSR count). The number of benzene rings is 3. The maximum Gasteiger partial charge on any atom is 0.257 e. The van der Waals surface area contributed by atoms with Gasteiger partial charge < -0.3 is 5.32 Å². The molecule has 0 aliphatic heterocycles. The van der Waals surface area contributed by atoms with Gasteiger partial charge in [0.1, 0.15) is 5.82 Å². The normalized spacial score (nSPS) is 11.8. The second kappa shape index (κ2) is 13.9. The number of aryl methyl sites for hydroxylation is 1. The summed E-state index contributed by atoms with van der Waals surface area (Å²) in [5.41, 5.74) is 3.72. The van der Waals surface area contributed by atoms with E-state index in [1.807, 2.05) is 48.5 Å². The molecule has 1 heterocycles. The third-order valence-corrected chi connectivity index (χ3v) is 7.84. The van der Waals surface area contributed by atoms with Gasteiger partial charge in [-0.15, -0.1) is 0 Å². The molecule has 1 amide bonds. The molecule has 202 valence electrons. The third kappa shape index (κ3) is 7.90. The molecule has 1 unspecified atom stereocenters. The van der Waals surface area contributed by atoms with Crippen LogP contribution in [0.15, 0.2) is 94.9 Å². The number of halogens is 1. The van der Waals surface area contributed by atoms with Crippen molar-refractivity contribution in [2.24, 2.45) is 7.05 Å². The van der Waals surface area contributed by atoms with E-state index >= 15 is 0 Å². The molecule has 0 aliphatic rings. The van der Waals surface area contributed by atoms with Crippen molar-refractivity contribution < 1.29 is 9.18 Å². The number of unbranched alkanes of at least 4 members (excludes halogenated alkanes) is 1. The number of aromatic nitrogens is 2. The van der Waals surface area contributed by atoms with Crippen LogP contribution in [0.2, 0.25) is 0 Å². The Bertz CT molecular complexity index is 1440. The highest BCUT2D eigenvalue weighted by Gasteiger charge is 2.16. The molecule has 1 aromatic heterocycles. The molecule has 0 bridgehead atoms. The Balaban J connectivity index is 1.29. The van der Waals surface area contributed by atoms with Gasteiger partial charge in [0.25, 0.3) is 5.56 Å². The van der Waals surface area contributed by atoms with E-state index < -0.39 is 0 Å². The second-order valence-electron chi connectivity index (χ2n) is 9.62. The number of nitrogens with zero attached hydrogens (tertiary/aromatic N) is 2. The van der Waals surface area contributed by atoms with E-state index in [9.17, 15) is 14.0 Å². The van der Waals surface area contributed by atoms with Crippen LogP contribution in [0.3, 0.4) is 0 Å². The first kappa shape index (κ1) is 28.3. The average molecular weight is 544 g/mol. The lowest BCUT2D eigenvalue weighted by molar-refractivity contribution is -0.121. The minimum absolute atomic E-state index is 0.0312. The zero-order chi connectivity index (χ0) is 27.6. The van der Waals surface area contributed by atoms with Crippen molar-refractivity contribution in [1.82, 2.24) is 14.9 Å². The van der Waals surface area contributed by atoms with E-state index in [0.717, 1.165) is 30.6 Å². The van der Waals surface area contributed by atoms with Crippen molar-refractivity contribution in [2.75, 3.05) is 5.75 Å². The summed E-state index contributed by atoms with van der Waals surface area (Å²) in [6.45, 7) is 1.80. The Morgan fingerprint density at radius 3 is 2.36 bits per heavy atom. The SMILES string of the molecule is Cc1nc(SCCCCC(=O)NC(Cc2ccccc2)c2ccccc2)n(C)c(=O)c1Cc1ccccc1F. The first-order valence-electron chi connectivity index (χ1n) is 13.2. The van der Waals surface area contributed by atoms with E-state index in [0.29, 0.717) is 28.4 Å². The second-order valence-corrected chi connectivity index (χ2v) is 10.7. The first-order chi connectivity index (χ1) is 18.9. The molecule has 0 aliphatic carbocycles. The summed E-state index contributed by atoms with van der Waals surface area (Å²) in [5.74, 6) is 0.450. The largest absolute Gasteiger partial charge is 0.349 e. The van der Waals surface area contributed by atoms with Crippen LogP contribution in [0.4, 0.5) is 4.39 Å². The van der Waals surface area contributed by atoms with Gasteiger partial charge in [-0.05, 0) is 48.9 Å². The number of thioether (sulfide) groups is 1. The lowest BCUT2D eigenvalue weighted by Crippen LogP contribution is -2.29. The molecule has 0 radical (unpaired) electrons. The van der Waals surface area contributed by atoms with E-state index in [4.69, 9.17) is 0 Å². The van der Waals surface area contributed by atoms with Crippen molar-refractivity contribution in [3.8, 4) is 0 Å². The number of amides is 1. The maximum atomic E-state index is 14.1. The molecule has 1 atom stereocenters. The van der Waals surface area contributed by atoms with E-state index in [1.165, 1.54) is 28.0 Å².